The second kappa shape index (κ2) is 6.83. The Bertz CT molecular complexity index is 805. The average Bonchev–Trinajstić information content (AvgIpc) is 3.21. The van der Waals surface area contributed by atoms with E-state index in [2.05, 4.69) is 15.6 Å². The molecule has 0 radical (unpaired) electrons. The quantitative estimate of drug-likeness (QED) is 0.648. The van der Waals surface area contributed by atoms with Crippen molar-refractivity contribution in [3.05, 3.63) is 60.2 Å². The highest BCUT2D eigenvalue weighted by Crippen LogP contribution is 2.17. The van der Waals surface area contributed by atoms with Crippen molar-refractivity contribution < 1.29 is 14.0 Å². The lowest BCUT2D eigenvalue weighted by atomic mass is 10.1. The first-order valence-corrected chi connectivity index (χ1v) is 7.33. The molecule has 1 aromatic carbocycles. The van der Waals surface area contributed by atoms with Gasteiger partial charge in [0.2, 0.25) is 11.8 Å². The molecule has 6 nitrogen and oxygen atoms in total. The van der Waals surface area contributed by atoms with E-state index in [-0.39, 0.29) is 24.8 Å². The number of benzene rings is 1. The van der Waals surface area contributed by atoms with Gasteiger partial charge >= 0.3 is 0 Å². The third kappa shape index (κ3) is 3.79. The van der Waals surface area contributed by atoms with E-state index < -0.39 is 0 Å². The van der Waals surface area contributed by atoms with Gasteiger partial charge in [-0.2, -0.15) is 0 Å². The highest BCUT2D eigenvalue weighted by molar-refractivity contribution is 5.90. The lowest BCUT2D eigenvalue weighted by molar-refractivity contribution is -0.125. The van der Waals surface area contributed by atoms with Gasteiger partial charge in [-0.05, 0) is 23.8 Å². The maximum absolute atomic E-state index is 12.0. The first-order valence-electron chi connectivity index (χ1n) is 7.33. The van der Waals surface area contributed by atoms with Crippen LogP contribution in [0.15, 0.2) is 53.3 Å². The van der Waals surface area contributed by atoms with Gasteiger partial charge in [0.1, 0.15) is 5.76 Å². The fourth-order valence-corrected chi connectivity index (χ4v) is 2.35. The number of rotatable bonds is 6. The van der Waals surface area contributed by atoms with Gasteiger partial charge in [-0.3, -0.25) is 9.59 Å². The van der Waals surface area contributed by atoms with Crippen LogP contribution in [-0.2, 0) is 22.6 Å². The van der Waals surface area contributed by atoms with Crippen LogP contribution in [0.4, 0.5) is 0 Å². The van der Waals surface area contributed by atoms with E-state index in [1.165, 1.54) is 0 Å². The van der Waals surface area contributed by atoms with Crippen molar-refractivity contribution in [2.45, 2.75) is 13.0 Å². The monoisotopic (exact) mass is 311 g/mol. The molecule has 0 saturated heterocycles. The van der Waals surface area contributed by atoms with Gasteiger partial charge in [-0.15, -0.1) is 0 Å². The number of carbonyl (C=O) groups is 2. The summed E-state index contributed by atoms with van der Waals surface area (Å²) in [4.78, 5) is 26.8. The van der Waals surface area contributed by atoms with Gasteiger partial charge < -0.3 is 20.0 Å². The largest absolute Gasteiger partial charge is 0.467 e. The van der Waals surface area contributed by atoms with E-state index in [1.54, 1.807) is 18.4 Å². The Hall–Kier alpha value is -3.02. The number of furan rings is 1. The Morgan fingerprint density at radius 3 is 2.74 bits per heavy atom. The van der Waals surface area contributed by atoms with Crippen LogP contribution in [0.3, 0.4) is 0 Å². The summed E-state index contributed by atoms with van der Waals surface area (Å²) >= 11 is 0. The minimum Gasteiger partial charge on any atom is -0.467 e. The van der Waals surface area contributed by atoms with Crippen LogP contribution < -0.4 is 10.6 Å². The fraction of sp³-hybridized carbons (Fsp3) is 0.176. The molecule has 2 heterocycles. The number of aromatic nitrogens is 1. The highest BCUT2D eigenvalue weighted by atomic mass is 16.3. The van der Waals surface area contributed by atoms with Crippen LogP contribution in [-0.4, -0.2) is 23.3 Å². The molecule has 0 fully saturated rings. The van der Waals surface area contributed by atoms with E-state index >= 15 is 0 Å². The number of nitrogens with one attached hydrogen (secondary N) is 3. The summed E-state index contributed by atoms with van der Waals surface area (Å²) in [7, 11) is 0. The molecule has 2 aromatic heterocycles. The zero-order valence-electron chi connectivity index (χ0n) is 12.5. The lowest BCUT2D eigenvalue weighted by Crippen LogP contribution is -2.37. The van der Waals surface area contributed by atoms with Crippen LogP contribution in [0.5, 0.6) is 0 Å². The molecule has 0 spiro atoms. The van der Waals surface area contributed by atoms with Crippen molar-refractivity contribution in [3.63, 3.8) is 0 Å². The number of hydrogen-bond acceptors (Lipinski definition) is 3. The molecule has 118 valence electrons. The highest BCUT2D eigenvalue weighted by Gasteiger charge is 2.10. The van der Waals surface area contributed by atoms with Crippen LogP contribution in [0, 0.1) is 0 Å². The average molecular weight is 311 g/mol. The molecule has 0 aliphatic rings. The lowest BCUT2D eigenvalue weighted by Gasteiger charge is -2.05. The fourth-order valence-electron chi connectivity index (χ4n) is 2.35. The van der Waals surface area contributed by atoms with Crippen molar-refractivity contribution in [1.82, 2.24) is 15.6 Å². The van der Waals surface area contributed by atoms with Gasteiger partial charge in [-0.25, -0.2) is 0 Å². The van der Waals surface area contributed by atoms with Crippen LogP contribution in [0.1, 0.15) is 11.3 Å². The zero-order valence-corrected chi connectivity index (χ0v) is 12.5. The van der Waals surface area contributed by atoms with Gasteiger partial charge in [0.05, 0.1) is 25.8 Å². The molecule has 3 N–H and O–H groups in total. The molecule has 0 aliphatic heterocycles. The maximum Gasteiger partial charge on any atom is 0.239 e. The van der Waals surface area contributed by atoms with E-state index in [0.29, 0.717) is 12.3 Å². The molecule has 3 aromatic rings. The Balaban J connectivity index is 1.47. The van der Waals surface area contributed by atoms with Crippen LogP contribution >= 0.6 is 0 Å². The van der Waals surface area contributed by atoms with Gasteiger partial charge in [0.25, 0.3) is 0 Å². The molecule has 3 rings (SSSR count). The number of fused-ring (bicyclic) bond motifs is 1. The summed E-state index contributed by atoms with van der Waals surface area (Å²) in [6, 6.07) is 11.3. The van der Waals surface area contributed by atoms with Gasteiger partial charge in [0, 0.05) is 17.1 Å². The molecule has 0 bridgehead atoms. The van der Waals surface area contributed by atoms with Crippen molar-refractivity contribution in [2.75, 3.05) is 6.54 Å². The van der Waals surface area contributed by atoms with Crippen LogP contribution in [0.25, 0.3) is 10.9 Å². The summed E-state index contributed by atoms with van der Waals surface area (Å²) in [5.74, 6) is 0.222. The number of carbonyl (C=O) groups excluding carboxylic acids is 2. The van der Waals surface area contributed by atoms with Crippen molar-refractivity contribution in [2.24, 2.45) is 0 Å². The minimum absolute atomic E-state index is 0.0537. The first-order chi connectivity index (χ1) is 11.2. The number of aromatic amines is 1. The Morgan fingerprint density at radius 1 is 1.04 bits per heavy atom. The standard InChI is InChI=1S/C17H17N3O3/c21-16(8-12-9-18-15-6-2-1-5-14(12)15)20-11-17(22)19-10-13-4-3-7-23-13/h1-7,9,18H,8,10-11H2,(H,19,22)(H,20,21). The predicted molar refractivity (Wildman–Crippen MR) is 85.6 cm³/mol. The third-order valence-electron chi connectivity index (χ3n) is 3.51. The maximum atomic E-state index is 12.0. The van der Waals surface area contributed by atoms with E-state index in [9.17, 15) is 9.59 Å². The normalized spacial score (nSPS) is 10.6. The van der Waals surface area contributed by atoms with Gasteiger partial charge in [0.15, 0.2) is 0 Å². The molecule has 6 heteroatoms. The smallest absolute Gasteiger partial charge is 0.239 e. The topological polar surface area (TPSA) is 87.1 Å². The first kappa shape index (κ1) is 14.9. The minimum atomic E-state index is -0.256. The molecular weight excluding hydrogens is 294 g/mol. The Labute approximate surface area is 132 Å². The summed E-state index contributed by atoms with van der Waals surface area (Å²) in [6.45, 7) is 0.256. The Morgan fingerprint density at radius 2 is 1.91 bits per heavy atom. The van der Waals surface area contributed by atoms with Gasteiger partial charge in [-0.1, -0.05) is 18.2 Å². The molecule has 0 saturated carbocycles. The predicted octanol–water partition coefficient (Wildman–Crippen LogP) is 1.74. The van der Waals surface area contributed by atoms with E-state index in [0.717, 1.165) is 16.5 Å². The molecular formula is C17H17N3O3. The SMILES string of the molecule is O=C(CNC(=O)Cc1c[nH]c2ccccc12)NCc1ccco1. The molecule has 23 heavy (non-hydrogen) atoms. The van der Waals surface area contributed by atoms with Crippen molar-refractivity contribution >= 4 is 22.7 Å². The summed E-state index contributed by atoms with van der Waals surface area (Å²) < 4.78 is 5.11. The second-order valence-corrected chi connectivity index (χ2v) is 5.17. The number of amides is 2. The number of hydrogen-bond donors (Lipinski definition) is 3. The second-order valence-electron chi connectivity index (χ2n) is 5.17. The Kier molecular flexibility index (Phi) is 4.42. The van der Waals surface area contributed by atoms with Crippen LogP contribution in [0.2, 0.25) is 0 Å². The molecule has 0 aliphatic carbocycles. The van der Waals surface area contributed by atoms with E-state index in [4.69, 9.17) is 4.42 Å². The summed E-state index contributed by atoms with van der Waals surface area (Å²) in [6.07, 6.45) is 3.60. The number of H-pyrrole nitrogens is 1. The third-order valence-corrected chi connectivity index (χ3v) is 3.51. The number of para-hydroxylation sites is 1. The van der Waals surface area contributed by atoms with Crippen molar-refractivity contribution in [1.29, 1.82) is 0 Å². The van der Waals surface area contributed by atoms with E-state index in [1.807, 2.05) is 30.5 Å². The zero-order chi connectivity index (χ0) is 16.1. The summed E-state index contributed by atoms with van der Waals surface area (Å²) in [5.41, 5.74) is 1.90. The molecule has 2 amide bonds. The summed E-state index contributed by atoms with van der Waals surface area (Å²) in [5, 5.41) is 6.31. The molecule has 0 unspecified atom stereocenters. The molecule has 0 atom stereocenters. The van der Waals surface area contributed by atoms with Crippen molar-refractivity contribution in [3.8, 4) is 0 Å².